The van der Waals surface area contributed by atoms with E-state index in [4.69, 9.17) is 9.84 Å². The SMILES string of the molecule is Cc1cc(C(=O)O)nc(Oc2cnn(C)c2)n1. The molecule has 7 nitrogen and oxygen atoms in total. The van der Waals surface area contributed by atoms with E-state index in [-0.39, 0.29) is 11.7 Å². The Morgan fingerprint density at radius 3 is 2.82 bits per heavy atom. The molecule has 0 saturated heterocycles. The van der Waals surface area contributed by atoms with Crippen molar-refractivity contribution in [2.24, 2.45) is 7.05 Å². The van der Waals surface area contributed by atoms with E-state index in [9.17, 15) is 4.79 Å². The van der Waals surface area contributed by atoms with Crippen molar-refractivity contribution in [1.29, 1.82) is 0 Å². The Hall–Kier alpha value is -2.44. The molecule has 0 aliphatic rings. The molecule has 0 bridgehead atoms. The van der Waals surface area contributed by atoms with E-state index in [1.807, 2.05) is 0 Å². The number of carboxylic acid groups (broad SMARTS) is 1. The first-order valence-corrected chi connectivity index (χ1v) is 4.80. The zero-order chi connectivity index (χ0) is 12.4. The van der Waals surface area contributed by atoms with Gasteiger partial charge in [0.05, 0.1) is 12.4 Å². The second-order valence-electron chi connectivity index (χ2n) is 3.43. The fourth-order valence-corrected chi connectivity index (χ4v) is 1.25. The van der Waals surface area contributed by atoms with Crippen LogP contribution in [0.3, 0.4) is 0 Å². The Bertz CT molecular complexity index is 564. The van der Waals surface area contributed by atoms with Gasteiger partial charge in [-0.3, -0.25) is 4.68 Å². The van der Waals surface area contributed by atoms with Gasteiger partial charge in [0, 0.05) is 12.7 Å². The first-order valence-electron chi connectivity index (χ1n) is 4.80. The molecule has 2 aromatic heterocycles. The minimum Gasteiger partial charge on any atom is -0.477 e. The van der Waals surface area contributed by atoms with Crippen molar-refractivity contribution in [3.05, 3.63) is 29.8 Å². The highest BCUT2D eigenvalue weighted by Gasteiger charge is 2.10. The van der Waals surface area contributed by atoms with Gasteiger partial charge in [-0.1, -0.05) is 0 Å². The minimum absolute atomic E-state index is 0.00426. The van der Waals surface area contributed by atoms with Crippen molar-refractivity contribution < 1.29 is 14.6 Å². The highest BCUT2D eigenvalue weighted by Crippen LogP contribution is 2.17. The predicted octanol–water partition coefficient (Wildman–Crippen LogP) is 1.01. The minimum atomic E-state index is -1.12. The number of ether oxygens (including phenoxy) is 1. The topological polar surface area (TPSA) is 90.1 Å². The van der Waals surface area contributed by atoms with Gasteiger partial charge in [0.15, 0.2) is 11.4 Å². The monoisotopic (exact) mass is 234 g/mol. The number of rotatable bonds is 3. The molecule has 0 aromatic carbocycles. The molecule has 2 aromatic rings. The van der Waals surface area contributed by atoms with Crippen LogP contribution in [0.4, 0.5) is 0 Å². The lowest BCUT2D eigenvalue weighted by atomic mass is 10.3. The summed E-state index contributed by atoms with van der Waals surface area (Å²) in [6, 6.07) is 1.37. The van der Waals surface area contributed by atoms with E-state index < -0.39 is 5.97 Å². The van der Waals surface area contributed by atoms with Gasteiger partial charge in [-0.05, 0) is 13.0 Å². The lowest BCUT2D eigenvalue weighted by molar-refractivity contribution is 0.0689. The van der Waals surface area contributed by atoms with Gasteiger partial charge in [0.1, 0.15) is 0 Å². The molecule has 17 heavy (non-hydrogen) atoms. The van der Waals surface area contributed by atoms with Crippen LogP contribution in [-0.4, -0.2) is 30.8 Å². The average molecular weight is 234 g/mol. The highest BCUT2D eigenvalue weighted by molar-refractivity contribution is 5.85. The van der Waals surface area contributed by atoms with Crippen LogP contribution in [0.25, 0.3) is 0 Å². The number of aryl methyl sites for hydroxylation is 2. The van der Waals surface area contributed by atoms with Gasteiger partial charge in [0.2, 0.25) is 0 Å². The van der Waals surface area contributed by atoms with Gasteiger partial charge in [0.25, 0.3) is 0 Å². The van der Waals surface area contributed by atoms with E-state index in [0.29, 0.717) is 11.4 Å². The Labute approximate surface area is 96.7 Å². The number of aromatic nitrogens is 4. The molecule has 88 valence electrons. The van der Waals surface area contributed by atoms with Crippen molar-refractivity contribution in [3.8, 4) is 11.8 Å². The van der Waals surface area contributed by atoms with Crippen LogP contribution in [0.15, 0.2) is 18.5 Å². The molecule has 2 rings (SSSR count). The van der Waals surface area contributed by atoms with Crippen LogP contribution < -0.4 is 4.74 Å². The van der Waals surface area contributed by atoms with E-state index in [1.54, 1.807) is 24.9 Å². The van der Waals surface area contributed by atoms with E-state index in [1.165, 1.54) is 12.3 Å². The summed E-state index contributed by atoms with van der Waals surface area (Å²) < 4.78 is 6.86. The molecule has 0 saturated carbocycles. The molecule has 2 heterocycles. The third-order valence-corrected chi connectivity index (χ3v) is 1.94. The third kappa shape index (κ3) is 2.57. The average Bonchev–Trinajstić information content (AvgIpc) is 2.63. The number of hydrogen-bond acceptors (Lipinski definition) is 5. The van der Waals surface area contributed by atoms with Crippen LogP contribution in [0.2, 0.25) is 0 Å². The van der Waals surface area contributed by atoms with E-state index in [0.717, 1.165) is 0 Å². The summed E-state index contributed by atoms with van der Waals surface area (Å²) in [5.74, 6) is -0.666. The largest absolute Gasteiger partial charge is 0.477 e. The summed E-state index contributed by atoms with van der Waals surface area (Å²) in [7, 11) is 1.74. The van der Waals surface area contributed by atoms with Gasteiger partial charge in [-0.25, -0.2) is 9.78 Å². The van der Waals surface area contributed by atoms with Crippen molar-refractivity contribution in [1.82, 2.24) is 19.7 Å². The number of nitrogens with zero attached hydrogens (tertiary/aromatic N) is 4. The molecule has 1 N–H and O–H groups in total. The second kappa shape index (κ2) is 4.20. The lowest BCUT2D eigenvalue weighted by Gasteiger charge is -2.02. The summed E-state index contributed by atoms with van der Waals surface area (Å²) in [4.78, 5) is 18.6. The zero-order valence-electron chi connectivity index (χ0n) is 9.28. The summed E-state index contributed by atoms with van der Waals surface area (Å²) in [6.07, 6.45) is 3.12. The summed E-state index contributed by atoms with van der Waals surface area (Å²) >= 11 is 0. The van der Waals surface area contributed by atoms with Crippen molar-refractivity contribution in [2.75, 3.05) is 0 Å². The number of carboxylic acids is 1. The van der Waals surface area contributed by atoms with Crippen LogP contribution >= 0.6 is 0 Å². The molecule has 7 heteroatoms. The quantitative estimate of drug-likeness (QED) is 0.852. The van der Waals surface area contributed by atoms with Crippen molar-refractivity contribution >= 4 is 5.97 Å². The zero-order valence-corrected chi connectivity index (χ0v) is 9.28. The molecular weight excluding hydrogens is 224 g/mol. The maximum atomic E-state index is 10.8. The standard InChI is InChI=1S/C10H10N4O3/c1-6-3-8(9(15)16)13-10(12-6)17-7-4-11-14(2)5-7/h3-5H,1-2H3,(H,15,16). The van der Waals surface area contributed by atoms with E-state index in [2.05, 4.69) is 15.1 Å². The maximum Gasteiger partial charge on any atom is 0.354 e. The Morgan fingerprint density at radius 2 is 2.24 bits per heavy atom. The summed E-state index contributed by atoms with van der Waals surface area (Å²) in [5.41, 5.74) is 0.424. The van der Waals surface area contributed by atoms with Crippen molar-refractivity contribution in [3.63, 3.8) is 0 Å². The first kappa shape index (κ1) is 11.1. The molecule has 0 fully saturated rings. The molecule has 0 amide bonds. The third-order valence-electron chi connectivity index (χ3n) is 1.94. The van der Waals surface area contributed by atoms with Crippen LogP contribution in [-0.2, 0) is 7.05 Å². The Balaban J connectivity index is 2.29. The van der Waals surface area contributed by atoms with Crippen LogP contribution in [0, 0.1) is 6.92 Å². The van der Waals surface area contributed by atoms with Gasteiger partial charge in [-0.15, -0.1) is 0 Å². The Kier molecular flexibility index (Phi) is 2.73. The fraction of sp³-hybridized carbons (Fsp3) is 0.200. The number of carbonyl (C=O) groups is 1. The summed E-state index contributed by atoms with van der Waals surface area (Å²) in [5, 5.41) is 12.8. The Morgan fingerprint density at radius 1 is 1.47 bits per heavy atom. The van der Waals surface area contributed by atoms with E-state index >= 15 is 0 Å². The second-order valence-corrected chi connectivity index (χ2v) is 3.43. The summed E-state index contributed by atoms with van der Waals surface area (Å²) in [6.45, 7) is 1.67. The molecule has 0 aliphatic carbocycles. The molecule has 0 atom stereocenters. The van der Waals surface area contributed by atoms with Gasteiger partial charge in [-0.2, -0.15) is 10.1 Å². The highest BCUT2D eigenvalue weighted by atomic mass is 16.5. The smallest absolute Gasteiger partial charge is 0.354 e. The fourth-order valence-electron chi connectivity index (χ4n) is 1.25. The maximum absolute atomic E-state index is 10.8. The first-order chi connectivity index (χ1) is 8.04. The normalized spacial score (nSPS) is 10.2. The molecule has 0 unspecified atom stereocenters. The van der Waals surface area contributed by atoms with Crippen molar-refractivity contribution in [2.45, 2.75) is 6.92 Å². The van der Waals surface area contributed by atoms with Gasteiger partial charge >= 0.3 is 12.0 Å². The molecule has 0 aliphatic heterocycles. The number of hydrogen-bond donors (Lipinski definition) is 1. The lowest BCUT2D eigenvalue weighted by Crippen LogP contribution is -2.04. The van der Waals surface area contributed by atoms with Gasteiger partial charge < -0.3 is 9.84 Å². The molecule has 0 radical (unpaired) electrons. The van der Waals surface area contributed by atoms with Crippen LogP contribution in [0.1, 0.15) is 16.2 Å². The predicted molar refractivity (Wildman–Crippen MR) is 57.0 cm³/mol. The molecular formula is C10H10N4O3. The molecule has 0 spiro atoms. The number of aromatic carboxylic acids is 1. The van der Waals surface area contributed by atoms with Crippen LogP contribution in [0.5, 0.6) is 11.8 Å².